The van der Waals surface area contributed by atoms with E-state index < -0.39 is 17.5 Å². The summed E-state index contributed by atoms with van der Waals surface area (Å²) in [5.41, 5.74) is -0.353. The van der Waals surface area contributed by atoms with Gasteiger partial charge in [0, 0.05) is 13.1 Å². The van der Waals surface area contributed by atoms with E-state index in [0.29, 0.717) is 19.5 Å². The summed E-state index contributed by atoms with van der Waals surface area (Å²) < 4.78 is 28.7. The number of hydrogen-bond acceptors (Lipinski definition) is 4. The lowest BCUT2D eigenvalue weighted by Gasteiger charge is -2.25. The van der Waals surface area contributed by atoms with E-state index in [0.717, 1.165) is 12.1 Å². The Labute approximate surface area is 120 Å². The number of aromatic nitrogens is 4. The van der Waals surface area contributed by atoms with Crippen LogP contribution in [0.1, 0.15) is 16.8 Å². The molecule has 0 saturated heterocycles. The highest BCUT2D eigenvalue weighted by Crippen LogP contribution is 2.25. The van der Waals surface area contributed by atoms with Crippen molar-refractivity contribution in [1.82, 2.24) is 20.2 Å². The van der Waals surface area contributed by atoms with E-state index in [1.165, 1.54) is 9.58 Å². The summed E-state index contributed by atoms with van der Waals surface area (Å²) in [5.74, 6) is -1.93. The number of nitrogens with zero attached hydrogens (tertiary/aromatic N) is 5. The van der Waals surface area contributed by atoms with Crippen LogP contribution in [0.4, 0.5) is 14.7 Å². The molecule has 20 heavy (non-hydrogen) atoms. The maximum absolute atomic E-state index is 14.0. The summed E-state index contributed by atoms with van der Waals surface area (Å²) >= 11 is 2.88. The zero-order valence-corrected chi connectivity index (χ0v) is 11.6. The molecule has 1 aromatic heterocycles. The zero-order chi connectivity index (χ0) is 14.3. The molecule has 9 heteroatoms. The molecular weight excluding hydrogens is 336 g/mol. The van der Waals surface area contributed by atoms with Crippen molar-refractivity contribution in [3.05, 3.63) is 33.8 Å². The van der Waals surface area contributed by atoms with E-state index in [4.69, 9.17) is 0 Å². The maximum atomic E-state index is 14.0. The molecule has 104 valence electrons. The highest BCUT2D eigenvalue weighted by molar-refractivity contribution is 9.10. The van der Waals surface area contributed by atoms with Crippen LogP contribution in [0.5, 0.6) is 0 Å². The third-order valence-electron chi connectivity index (χ3n) is 2.97. The highest BCUT2D eigenvalue weighted by Gasteiger charge is 2.29. The van der Waals surface area contributed by atoms with Crippen molar-refractivity contribution in [2.75, 3.05) is 11.4 Å². The molecule has 1 aromatic carbocycles. The number of hydrogen-bond donors (Lipinski definition) is 0. The van der Waals surface area contributed by atoms with Crippen molar-refractivity contribution in [2.45, 2.75) is 13.0 Å². The first-order chi connectivity index (χ1) is 9.58. The molecule has 1 amide bonds. The summed E-state index contributed by atoms with van der Waals surface area (Å²) in [5, 5.41) is 10.9. The normalized spacial score (nSPS) is 14.2. The quantitative estimate of drug-likeness (QED) is 0.740. The van der Waals surface area contributed by atoms with Gasteiger partial charge in [-0.05, 0) is 44.9 Å². The Morgan fingerprint density at radius 3 is 2.90 bits per heavy atom. The Morgan fingerprint density at radius 2 is 2.10 bits per heavy atom. The highest BCUT2D eigenvalue weighted by atomic mass is 79.9. The Bertz CT molecular complexity index is 689. The molecule has 1 aliphatic rings. The van der Waals surface area contributed by atoms with Crippen LogP contribution in [0.2, 0.25) is 0 Å². The largest absolute Gasteiger partial charge is 0.275 e. The molecule has 0 bridgehead atoms. The Kier molecular flexibility index (Phi) is 3.20. The standard InChI is InChI=1S/C11H8BrF2N5O/c12-8-5-6(13)4-7(9(8)14)10(20)18-2-1-3-19-11(18)15-16-17-19/h4-5H,1-3H2. The second kappa shape index (κ2) is 4.89. The van der Waals surface area contributed by atoms with E-state index in [1.54, 1.807) is 0 Å². The fraction of sp³-hybridized carbons (Fsp3) is 0.273. The minimum Gasteiger partial charge on any atom is -0.275 e. The van der Waals surface area contributed by atoms with Crippen LogP contribution >= 0.6 is 15.9 Å². The average molecular weight is 344 g/mol. The predicted molar refractivity (Wildman–Crippen MR) is 68.2 cm³/mol. The summed E-state index contributed by atoms with van der Waals surface area (Å²) in [7, 11) is 0. The summed E-state index contributed by atoms with van der Waals surface area (Å²) in [6.45, 7) is 0.939. The lowest BCUT2D eigenvalue weighted by Crippen LogP contribution is -2.38. The number of aryl methyl sites for hydroxylation is 1. The number of benzene rings is 1. The minimum absolute atomic E-state index is 0.0996. The number of halogens is 3. The number of amides is 1. The van der Waals surface area contributed by atoms with Gasteiger partial charge in [-0.1, -0.05) is 5.10 Å². The van der Waals surface area contributed by atoms with E-state index in [9.17, 15) is 13.6 Å². The van der Waals surface area contributed by atoms with Crippen molar-refractivity contribution in [3.63, 3.8) is 0 Å². The lowest BCUT2D eigenvalue weighted by molar-refractivity contribution is 0.0975. The van der Waals surface area contributed by atoms with E-state index in [2.05, 4.69) is 31.5 Å². The van der Waals surface area contributed by atoms with Crippen LogP contribution in [0.25, 0.3) is 0 Å². The first-order valence-electron chi connectivity index (χ1n) is 5.80. The Hall–Kier alpha value is -1.90. The van der Waals surface area contributed by atoms with Gasteiger partial charge in [0.1, 0.15) is 11.6 Å². The summed E-state index contributed by atoms with van der Waals surface area (Å²) in [6, 6.07) is 1.83. The van der Waals surface area contributed by atoms with Gasteiger partial charge < -0.3 is 0 Å². The van der Waals surface area contributed by atoms with Crippen molar-refractivity contribution in [3.8, 4) is 0 Å². The molecule has 0 unspecified atom stereocenters. The molecule has 3 rings (SSSR count). The monoisotopic (exact) mass is 343 g/mol. The Morgan fingerprint density at radius 1 is 1.30 bits per heavy atom. The third kappa shape index (κ3) is 2.07. The van der Waals surface area contributed by atoms with Crippen molar-refractivity contribution in [2.24, 2.45) is 0 Å². The molecule has 0 N–H and O–H groups in total. The number of rotatable bonds is 1. The fourth-order valence-corrected chi connectivity index (χ4v) is 2.50. The molecule has 0 aliphatic carbocycles. The smallest absolute Gasteiger partial charge is 0.263 e. The zero-order valence-electron chi connectivity index (χ0n) is 10.1. The second-order valence-corrected chi connectivity index (χ2v) is 5.12. The van der Waals surface area contributed by atoms with Gasteiger partial charge >= 0.3 is 0 Å². The van der Waals surface area contributed by atoms with E-state index in [-0.39, 0.29) is 16.0 Å². The van der Waals surface area contributed by atoms with Gasteiger partial charge in [-0.2, -0.15) is 0 Å². The van der Waals surface area contributed by atoms with Crippen molar-refractivity contribution < 1.29 is 13.6 Å². The Balaban J connectivity index is 2.03. The van der Waals surface area contributed by atoms with Gasteiger partial charge in [0.05, 0.1) is 10.0 Å². The first-order valence-corrected chi connectivity index (χ1v) is 6.60. The van der Waals surface area contributed by atoms with Crippen LogP contribution in [0, 0.1) is 11.6 Å². The van der Waals surface area contributed by atoms with Gasteiger partial charge in [-0.25, -0.2) is 13.5 Å². The van der Waals surface area contributed by atoms with Crippen LogP contribution in [-0.4, -0.2) is 32.7 Å². The molecule has 2 aromatic rings. The van der Waals surface area contributed by atoms with E-state index >= 15 is 0 Å². The fourth-order valence-electron chi connectivity index (χ4n) is 2.07. The van der Waals surface area contributed by atoms with Gasteiger partial charge in [0.2, 0.25) is 0 Å². The molecule has 0 radical (unpaired) electrons. The molecular formula is C11H8BrF2N5O. The maximum Gasteiger partial charge on any atom is 0.263 e. The molecule has 6 nitrogen and oxygen atoms in total. The second-order valence-electron chi connectivity index (χ2n) is 4.26. The van der Waals surface area contributed by atoms with Crippen LogP contribution in [0.15, 0.2) is 16.6 Å². The first kappa shape index (κ1) is 13.1. The minimum atomic E-state index is -0.805. The summed E-state index contributed by atoms with van der Waals surface area (Å²) in [6.07, 6.45) is 0.641. The van der Waals surface area contributed by atoms with Crippen LogP contribution < -0.4 is 4.90 Å². The molecule has 1 aliphatic heterocycles. The van der Waals surface area contributed by atoms with Gasteiger partial charge in [-0.15, -0.1) is 0 Å². The SMILES string of the molecule is O=C(c1cc(F)cc(Br)c1F)N1CCCn2nnnc21. The third-order valence-corrected chi connectivity index (χ3v) is 3.55. The number of carbonyl (C=O) groups excluding carboxylic acids is 1. The van der Waals surface area contributed by atoms with Crippen molar-refractivity contribution in [1.29, 1.82) is 0 Å². The average Bonchev–Trinajstić information content (AvgIpc) is 2.90. The van der Waals surface area contributed by atoms with Gasteiger partial charge in [-0.3, -0.25) is 9.69 Å². The van der Waals surface area contributed by atoms with Crippen molar-refractivity contribution >= 4 is 27.8 Å². The topological polar surface area (TPSA) is 63.9 Å². The summed E-state index contributed by atoms with van der Waals surface area (Å²) in [4.78, 5) is 13.6. The molecule has 0 atom stereocenters. The number of fused-ring (bicyclic) bond motifs is 1. The van der Waals surface area contributed by atoms with Gasteiger partial charge in [0.15, 0.2) is 0 Å². The predicted octanol–water partition coefficient (Wildman–Crippen LogP) is 1.76. The number of carbonyl (C=O) groups is 1. The molecule has 0 fully saturated rings. The molecule has 2 heterocycles. The van der Waals surface area contributed by atoms with Gasteiger partial charge in [0.25, 0.3) is 11.9 Å². The number of tetrazole rings is 1. The van der Waals surface area contributed by atoms with Crippen LogP contribution in [0.3, 0.4) is 0 Å². The number of anilines is 1. The van der Waals surface area contributed by atoms with Crippen LogP contribution in [-0.2, 0) is 6.54 Å². The molecule has 0 saturated carbocycles. The lowest BCUT2D eigenvalue weighted by atomic mass is 10.1. The van der Waals surface area contributed by atoms with E-state index in [1.807, 2.05) is 0 Å². The molecule has 0 spiro atoms.